The summed E-state index contributed by atoms with van der Waals surface area (Å²) in [6, 6.07) is 10.2. The van der Waals surface area contributed by atoms with Crippen molar-refractivity contribution in [2.45, 2.75) is 46.3 Å². The monoisotopic (exact) mass is 443 g/mol. The van der Waals surface area contributed by atoms with E-state index in [4.69, 9.17) is 9.26 Å². The third-order valence-corrected chi connectivity index (χ3v) is 5.75. The molecule has 0 radical (unpaired) electrons. The predicted molar refractivity (Wildman–Crippen MR) is 127 cm³/mol. The van der Waals surface area contributed by atoms with E-state index in [1.165, 1.54) is 0 Å². The van der Waals surface area contributed by atoms with E-state index in [0.717, 1.165) is 49.7 Å². The van der Waals surface area contributed by atoms with Gasteiger partial charge in [0.15, 0.2) is 0 Å². The highest BCUT2D eigenvalue weighted by Gasteiger charge is 2.26. The second-order valence-corrected chi connectivity index (χ2v) is 8.87. The van der Waals surface area contributed by atoms with Gasteiger partial charge in [0.05, 0.1) is 25.3 Å². The van der Waals surface area contributed by atoms with Crippen molar-refractivity contribution in [3.8, 4) is 11.3 Å². The molecule has 1 aromatic heterocycles. The van der Waals surface area contributed by atoms with Crippen LogP contribution in [0.25, 0.3) is 11.3 Å². The average molecular weight is 444 g/mol. The number of nitrogens with zero attached hydrogens (tertiary/aromatic N) is 4. The van der Waals surface area contributed by atoms with E-state index < -0.39 is 0 Å². The van der Waals surface area contributed by atoms with Crippen LogP contribution in [0.5, 0.6) is 0 Å². The first kappa shape index (κ1) is 24.1. The molecule has 0 atom stereocenters. The molecule has 1 fully saturated rings. The number of hydrogen-bond donors (Lipinski definition) is 1. The van der Waals surface area contributed by atoms with Gasteiger partial charge in [-0.1, -0.05) is 35.5 Å². The van der Waals surface area contributed by atoms with Crippen LogP contribution in [0.3, 0.4) is 0 Å². The molecule has 1 aliphatic heterocycles. The van der Waals surface area contributed by atoms with Gasteiger partial charge in [-0.25, -0.2) is 4.79 Å². The van der Waals surface area contributed by atoms with Crippen molar-refractivity contribution >= 4 is 11.9 Å². The average Bonchev–Trinajstić information content (AvgIpc) is 3.20. The molecule has 0 spiro atoms. The molecule has 2 heterocycles. The lowest BCUT2D eigenvalue weighted by atomic mass is 10.1. The number of ether oxygens (including phenoxy) is 1. The Labute approximate surface area is 191 Å². The first-order chi connectivity index (χ1) is 15.4. The van der Waals surface area contributed by atoms with E-state index in [2.05, 4.69) is 34.1 Å². The van der Waals surface area contributed by atoms with Crippen molar-refractivity contribution < 1.29 is 14.1 Å². The number of aromatic nitrogens is 1. The quantitative estimate of drug-likeness (QED) is 0.640. The zero-order valence-corrected chi connectivity index (χ0v) is 20.0. The van der Waals surface area contributed by atoms with Crippen molar-refractivity contribution in [2.75, 3.05) is 51.3 Å². The number of hydrogen-bond acceptors (Lipinski definition) is 6. The molecule has 8 heteroatoms. The number of urea groups is 1. The number of benzene rings is 1. The van der Waals surface area contributed by atoms with Gasteiger partial charge in [0, 0.05) is 50.9 Å². The molecule has 1 aromatic carbocycles. The van der Waals surface area contributed by atoms with Crippen LogP contribution in [-0.2, 0) is 11.3 Å². The van der Waals surface area contributed by atoms with Crippen LogP contribution in [0.15, 0.2) is 34.9 Å². The first-order valence-electron chi connectivity index (χ1n) is 11.5. The lowest BCUT2D eigenvalue weighted by molar-refractivity contribution is 0.0346. The summed E-state index contributed by atoms with van der Waals surface area (Å²) < 4.78 is 11.3. The zero-order chi connectivity index (χ0) is 23.1. The Morgan fingerprint density at radius 1 is 1.16 bits per heavy atom. The predicted octanol–water partition coefficient (Wildman–Crippen LogP) is 3.44. The van der Waals surface area contributed by atoms with Gasteiger partial charge in [-0.05, 0) is 27.7 Å². The maximum atomic E-state index is 13.1. The Bertz CT molecular complexity index is 847. The highest BCUT2D eigenvalue weighted by molar-refractivity contribution is 5.76. The van der Waals surface area contributed by atoms with Gasteiger partial charge in [-0.3, -0.25) is 4.90 Å². The highest BCUT2D eigenvalue weighted by atomic mass is 16.5. The van der Waals surface area contributed by atoms with Crippen molar-refractivity contribution in [3.05, 3.63) is 35.9 Å². The molecule has 2 amide bonds. The molecule has 3 rings (SSSR count). The molecule has 1 saturated heterocycles. The molecule has 1 N–H and O–H groups in total. The largest absolute Gasteiger partial charge is 0.379 e. The lowest BCUT2D eigenvalue weighted by Crippen LogP contribution is -2.47. The van der Waals surface area contributed by atoms with Crippen LogP contribution in [-0.4, -0.2) is 79.5 Å². The van der Waals surface area contributed by atoms with E-state index in [1.54, 1.807) is 0 Å². The normalized spacial score (nSPS) is 14.7. The molecule has 0 bridgehead atoms. The summed E-state index contributed by atoms with van der Waals surface area (Å²) in [7, 11) is 2.00. The fourth-order valence-electron chi connectivity index (χ4n) is 3.65. The Balaban J connectivity index is 1.89. The molecule has 0 saturated carbocycles. The summed E-state index contributed by atoms with van der Waals surface area (Å²) in [5.41, 5.74) is 2.68. The van der Waals surface area contributed by atoms with E-state index in [1.807, 2.05) is 56.1 Å². The Kier molecular flexibility index (Phi) is 8.53. The van der Waals surface area contributed by atoms with E-state index in [0.29, 0.717) is 19.0 Å². The minimum Gasteiger partial charge on any atom is -0.379 e. The van der Waals surface area contributed by atoms with Gasteiger partial charge in [0.25, 0.3) is 0 Å². The molecule has 176 valence electrons. The Morgan fingerprint density at radius 2 is 1.84 bits per heavy atom. The first-order valence-corrected chi connectivity index (χ1v) is 11.5. The van der Waals surface area contributed by atoms with Crippen molar-refractivity contribution in [3.63, 3.8) is 0 Å². The number of nitrogens with one attached hydrogen (secondary N) is 1. The van der Waals surface area contributed by atoms with E-state index >= 15 is 0 Å². The zero-order valence-electron chi connectivity index (χ0n) is 20.0. The number of carbonyl (C=O) groups is 1. The van der Waals surface area contributed by atoms with Crippen LogP contribution >= 0.6 is 0 Å². The topological polar surface area (TPSA) is 74.1 Å². The third kappa shape index (κ3) is 6.23. The van der Waals surface area contributed by atoms with Gasteiger partial charge < -0.3 is 24.4 Å². The lowest BCUT2D eigenvalue weighted by Gasteiger charge is -2.31. The summed E-state index contributed by atoms with van der Waals surface area (Å²) in [5, 5.41) is 7.46. The number of amides is 2. The number of rotatable bonds is 9. The smallest absolute Gasteiger partial charge is 0.317 e. The van der Waals surface area contributed by atoms with Crippen LogP contribution < -0.4 is 10.2 Å². The number of carbonyl (C=O) groups excluding carboxylic acids is 1. The SMILES string of the molecule is CC(C)NC(=O)N(CCN1CCOCC1)Cc1c(-c2ccccc2)noc1N(C)C(C)C. The maximum Gasteiger partial charge on any atom is 0.317 e. The summed E-state index contributed by atoms with van der Waals surface area (Å²) in [4.78, 5) is 19.4. The van der Waals surface area contributed by atoms with Crippen LogP contribution in [0.4, 0.5) is 10.7 Å². The van der Waals surface area contributed by atoms with Gasteiger partial charge in [-0.15, -0.1) is 0 Å². The fraction of sp³-hybridized carbons (Fsp3) is 0.583. The molecule has 2 aromatic rings. The van der Waals surface area contributed by atoms with Gasteiger partial charge in [0.2, 0.25) is 5.88 Å². The second kappa shape index (κ2) is 11.3. The molecular formula is C24H37N5O3. The molecule has 1 aliphatic rings. The van der Waals surface area contributed by atoms with Crippen LogP contribution in [0, 0.1) is 0 Å². The summed E-state index contributed by atoms with van der Waals surface area (Å²) in [5.74, 6) is 0.701. The summed E-state index contributed by atoms with van der Waals surface area (Å²) >= 11 is 0. The number of anilines is 1. The fourth-order valence-corrected chi connectivity index (χ4v) is 3.65. The molecule has 0 aliphatic carbocycles. The van der Waals surface area contributed by atoms with E-state index in [9.17, 15) is 4.79 Å². The van der Waals surface area contributed by atoms with Crippen LogP contribution in [0.2, 0.25) is 0 Å². The van der Waals surface area contributed by atoms with Crippen molar-refractivity contribution in [1.29, 1.82) is 0 Å². The molecule has 0 unspecified atom stereocenters. The molecule has 32 heavy (non-hydrogen) atoms. The Hall–Kier alpha value is -2.58. The summed E-state index contributed by atoms with van der Waals surface area (Å²) in [6.07, 6.45) is 0. The van der Waals surface area contributed by atoms with Gasteiger partial charge in [-0.2, -0.15) is 0 Å². The molecule has 8 nitrogen and oxygen atoms in total. The van der Waals surface area contributed by atoms with Gasteiger partial charge >= 0.3 is 6.03 Å². The number of morpholine rings is 1. The maximum absolute atomic E-state index is 13.1. The minimum absolute atomic E-state index is 0.0577. The van der Waals surface area contributed by atoms with Crippen molar-refractivity contribution in [2.24, 2.45) is 0 Å². The van der Waals surface area contributed by atoms with Crippen LogP contribution in [0.1, 0.15) is 33.3 Å². The Morgan fingerprint density at radius 3 is 2.47 bits per heavy atom. The van der Waals surface area contributed by atoms with E-state index in [-0.39, 0.29) is 18.1 Å². The molecular weight excluding hydrogens is 406 g/mol. The standard InChI is InChI=1S/C24H37N5O3/c1-18(2)25-24(30)29(12-11-28-13-15-31-16-14-28)17-21-22(20-9-7-6-8-10-20)26-32-23(21)27(5)19(3)4/h6-10,18-19H,11-17H2,1-5H3,(H,25,30). The minimum atomic E-state index is -0.0772. The highest BCUT2D eigenvalue weighted by Crippen LogP contribution is 2.32. The summed E-state index contributed by atoms with van der Waals surface area (Å²) in [6.45, 7) is 13.3. The second-order valence-electron chi connectivity index (χ2n) is 8.87. The van der Waals surface area contributed by atoms with Gasteiger partial charge in [0.1, 0.15) is 5.69 Å². The van der Waals surface area contributed by atoms with Crippen molar-refractivity contribution in [1.82, 2.24) is 20.3 Å². The third-order valence-electron chi connectivity index (χ3n) is 5.75.